The molecule has 0 fully saturated rings. The van der Waals surface area contributed by atoms with Gasteiger partial charge in [0.2, 0.25) is 0 Å². The summed E-state index contributed by atoms with van der Waals surface area (Å²) in [6.07, 6.45) is 0. The van der Waals surface area contributed by atoms with E-state index in [1.54, 1.807) is 0 Å². The standard InChI is InChI=1S/C14H24N2O/c1-4-16(5-2)14(11-15)12-7-9-13(10-8-12)17-6-3/h7-10,14H,4-6,11,15H2,1-3H3. The summed E-state index contributed by atoms with van der Waals surface area (Å²) in [4.78, 5) is 2.37. The van der Waals surface area contributed by atoms with Crippen molar-refractivity contribution in [2.24, 2.45) is 5.73 Å². The van der Waals surface area contributed by atoms with Crippen LogP contribution in [0, 0.1) is 0 Å². The van der Waals surface area contributed by atoms with Gasteiger partial charge in [0, 0.05) is 12.6 Å². The molecule has 3 nitrogen and oxygen atoms in total. The monoisotopic (exact) mass is 236 g/mol. The van der Waals surface area contributed by atoms with E-state index in [2.05, 4.69) is 30.9 Å². The zero-order chi connectivity index (χ0) is 12.7. The van der Waals surface area contributed by atoms with Gasteiger partial charge in [-0.25, -0.2) is 0 Å². The lowest BCUT2D eigenvalue weighted by Gasteiger charge is -2.29. The molecule has 0 aliphatic carbocycles. The Morgan fingerprint density at radius 3 is 2.12 bits per heavy atom. The van der Waals surface area contributed by atoms with Crippen LogP contribution in [0.1, 0.15) is 32.4 Å². The van der Waals surface area contributed by atoms with Gasteiger partial charge in [-0.3, -0.25) is 4.90 Å². The Hall–Kier alpha value is -1.06. The summed E-state index contributed by atoms with van der Waals surface area (Å²) >= 11 is 0. The molecule has 0 radical (unpaired) electrons. The normalized spacial score (nSPS) is 12.8. The van der Waals surface area contributed by atoms with Crippen LogP contribution >= 0.6 is 0 Å². The SMILES string of the molecule is CCOc1ccc(C(CN)N(CC)CC)cc1. The number of nitrogens with zero attached hydrogens (tertiary/aromatic N) is 1. The largest absolute Gasteiger partial charge is 0.494 e. The predicted octanol–water partition coefficient (Wildman–Crippen LogP) is 2.43. The average molecular weight is 236 g/mol. The summed E-state index contributed by atoms with van der Waals surface area (Å²) in [6.45, 7) is 9.72. The third-order valence-corrected chi connectivity index (χ3v) is 3.05. The van der Waals surface area contributed by atoms with Gasteiger partial charge < -0.3 is 10.5 Å². The first-order valence-electron chi connectivity index (χ1n) is 6.43. The molecule has 1 atom stereocenters. The van der Waals surface area contributed by atoms with Crippen molar-refractivity contribution in [3.05, 3.63) is 29.8 Å². The Balaban J connectivity index is 2.81. The molecule has 17 heavy (non-hydrogen) atoms. The van der Waals surface area contributed by atoms with E-state index in [1.165, 1.54) is 5.56 Å². The Bertz CT molecular complexity index is 307. The number of nitrogens with two attached hydrogens (primary N) is 1. The summed E-state index contributed by atoms with van der Waals surface area (Å²) in [5.74, 6) is 0.923. The van der Waals surface area contributed by atoms with Gasteiger partial charge in [-0.1, -0.05) is 26.0 Å². The molecule has 3 heteroatoms. The molecule has 1 aromatic carbocycles. The highest BCUT2D eigenvalue weighted by molar-refractivity contribution is 5.29. The first-order chi connectivity index (χ1) is 8.26. The maximum atomic E-state index is 5.88. The van der Waals surface area contributed by atoms with E-state index in [9.17, 15) is 0 Å². The van der Waals surface area contributed by atoms with Crippen LogP contribution in [0.4, 0.5) is 0 Å². The Morgan fingerprint density at radius 2 is 1.71 bits per heavy atom. The molecule has 0 heterocycles. The molecule has 96 valence electrons. The average Bonchev–Trinajstić information content (AvgIpc) is 2.37. The zero-order valence-corrected chi connectivity index (χ0v) is 11.1. The molecule has 0 spiro atoms. The first-order valence-corrected chi connectivity index (χ1v) is 6.43. The molecule has 0 bridgehead atoms. The predicted molar refractivity (Wildman–Crippen MR) is 72.3 cm³/mol. The molecule has 0 aliphatic rings. The van der Waals surface area contributed by atoms with Crippen LogP contribution in [0.15, 0.2) is 24.3 Å². The van der Waals surface area contributed by atoms with Gasteiger partial charge in [-0.05, 0) is 37.7 Å². The van der Waals surface area contributed by atoms with Crippen molar-refractivity contribution in [2.45, 2.75) is 26.8 Å². The van der Waals surface area contributed by atoms with Gasteiger partial charge in [-0.2, -0.15) is 0 Å². The van der Waals surface area contributed by atoms with Gasteiger partial charge in [0.15, 0.2) is 0 Å². The summed E-state index contributed by atoms with van der Waals surface area (Å²) < 4.78 is 5.44. The van der Waals surface area contributed by atoms with Crippen molar-refractivity contribution in [1.82, 2.24) is 4.90 Å². The van der Waals surface area contributed by atoms with E-state index >= 15 is 0 Å². The van der Waals surface area contributed by atoms with Crippen molar-refractivity contribution < 1.29 is 4.74 Å². The Morgan fingerprint density at radius 1 is 1.12 bits per heavy atom. The second-order valence-electron chi connectivity index (χ2n) is 3.97. The van der Waals surface area contributed by atoms with Crippen molar-refractivity contribution in [3.8, 4) is 5.75 Å². The van der Waals surface area contributed by atoms with E-state index in [4.69, 9.17) is 10.5 Å². The Kier molecular flexibility index (Phi) is 6.01. The molecule has 1 unspecified atom stereocenters. The highest BCUT2D eigenvalue weighted by Gasteiger charge is 2.15. The second kappa shape index (κ2) is 7.30. The summed E-state index contributed by atoms with van der Waals surface area (Å²) in [5, 5.41) is 0. The van der Waals surface area contributed by atoms with E-state index < -0.39 is 0 Å². The van der Waals surface area contributed by atoms with Gasteiger partial charge in [0.05, 0.1) is 6.61 Å². The molecule has 2 N–H and O–H groups in total. The first kappa shape index (κ1) is 14.0. The van der Waals surface area contributed by atoms with Gasteiger partial charge in [-0.15, -0.1) is 0 Å². The third kappa shape index (κ3) is 3.72. The number of likely N-dealkylation sites (N-methyl/N-ethyl adjacent to an activating group) is 1. The van der Waals surface area contributed by atoms with Crippen LogP contribution < -0.4 is 10.5 Å². The van der Waals surface area contributed by atoms with Crippen molar-refractivity contribution in [2.75, 3.05) is 26.2 Å². The van der Waals surface area contributed by atoms with Crippen LogP contribution in [0.2, 0.25) is 0 Å². The maximum Gasteiger partial charge on any atom is 0.119 e. The fourth-order valence-corrected chi connectivity index (χ4v) is 2.11. The number of hydrogen-bond donors (Lipinski definition) is 1. The van der Waals surface area contributed by atoms with Crippen molar-refractivity contribution >= 4 is 0 Å². The number of rotatable bonds is 7. The lowest BCUT2D eigenvalue weighted by molar-refractivity contribution is 0.224. The Labute approximate surface area is 105 Å². The van der Waals surface area contributed by atoms with Crippen molar-refractivity contribution in [3.63, 3.8) is 0 Å². The minimum Gasteiger partial charge on any atom is -0.494 e. The van der Waals surface area contributed by atoms with Crippen LogP contribution in [0.5, 0.6) is 5.75 Å². The summed E-state index contributed by atoms with van der Waals surface area (Å²) in [7, 11) is 0. The molecule has 0 saturated carbocycles. The number of benzene rings is 1. The van der Waals surface area contributed by atoms with Crippen LogP contribution in [-0.2, 0) is 0 Å². The van der Waals surface area contributed by atoms with Crippen LogP contribution in [-0.4, -0.2) is 31.1 Å². The highest BCUT2D eigenvalue weighted by Crippen LogP contribution is 2.22. The molecule has 1 aromatic rings. The molecule has 0 aromatic heterocycles. The van der Waals surface area contributed by atoms with E-state index in [-0.39, 0.29) is 0 Å². The molecular weight excluding hydrogens is 212 g/mol. The third-order valence-electron chi connectivity index (χ3n) is 3.05. The van der Waals surface area contributed by atoms with Crippen LogP contribution in [0.3, 0.4) is 0 Å². The minimum absolute atomic E-state index is 0.306. The highest BCUT2D eigenvalue weighted by atomic mass is 16.5. The molecule has 0 saturated heterocycles. The summed E-state index contributed by atoms with van der Waals surface area (Å²) in [6, 6.07) is 8.57. The second-order valence-corrected chi connectivity index (χ2v) is 3.97. The topological polar surface area (TPSA) is 38.5 Å². The fourth-order valence-electron chi connectivity index (χ4n) is 2.11. The zero-order valence-electron chi connectivity index (χ0n) is 11.1. The molecule has 0 aliphatic heterocycles. The lowest BCUT2D eigenvalue weighted by Crippen LogP contribution is -2.33. The van der Waals surface area contributed by atoms with Gasteiger partial charge in [0.25, 0.3) is 0 Å². The molecule has 0 amide bonds. The number of ether oxygens (including phenoxy) is 1. The maximum absolute atomic E-state index is 5.88. The quantitative estimate of drug-likeness (QED) is 0.790. The van der Waals surface area contributed by atoms with E-state index in [1.807, 2.05) is 19.1 Å². The number of hydrogen-bond acceptors (Lipinski definition) is 3. The fraction of sp³-hybridized carbons (Fsp3) is 0.571. The van der Waals surface area contributed by atoms with Crippen LogP contribution in [0.25, 0.3) is 0 Å². The molecule has 1 rings (SSSR count). The van der Waals surface area contributed by atoms with Gasteiger partial charge >= 0.3 is 0 Å². The summed E-state index contributed by atoms with van der Waals surface area (Å²) in [5.41, 5.74) is 7.14. The smallest absolute Gasteiger partial charge is 0.119 e. The molecular formula is C14H24N2O. The van der Waals surface area contributed by atoms with E-state index in [0.29, 0.717) is 19.2 Å². The lowest BCUT2D eigenvalue weighted by atomic mass is 10.1. The van der Waals surface area contributed by atoms with E-state index in [0.717, 1.165) is 18.8 Å². The van der Waals surface area contributed by atoms with Crippen molar-refractivity contribution in [1.29, 1.82) is 0 Å². The minimum atomic E-state index is 0.306. The van der Waals surface area contributed by atoms with Gasteiger partial charge in [0.1, 0.15) is 5.75 Å².